The predicted molar refractivity (Wildman–Crippen MR) is 123 cm³/mol. The summed E-state index contributed by atoms with van der Waals surface area (Å²) in [5.41, 5.74) is 0.0728. The van der Waals surface area contributed by atoms with Gasteiger partial charge in [0.1, 0.15) is 11.9 Å². The van der Waals surface area contributed by atoms with Crippen molar-refractivity contribution in [3.8, 4) is 0 Å². The minimum absolute atomic E-state index is 0.0138. The molecule has 2 heterocycles. The van der Waals surface area contributed by atoms with Crippen LogP contribution in [0.2, 0.25) is 0 Å². The fourth-order valence-electron chi connectivity index (χ4n) is 5.42. The van der Waals surface area contributed by atoms with E-state index in [1.165, 1.54) is 28.0 Å². The highest BCUT2D eigenvalue weighted by Gasteiger charge is 2.46. The van der Waals surface area contributed by atoms with E-state index < -0.39 is 41.9 Å². The van der Waals surface area contributed by atoms with Gasteiger partial charge in [-0.2, -0.15) is 0 Å². The summed E-state index contributed by atoms with van der Waals surface area (Å²) >= 11 is 0. The van der Waals surface area contributed by atoms with Gasteiger partial charge >= 0.3 is 5.97 Å². The zero-order chi connectivity index (χ0) is 24.9. The van der Waals surface area contributed by atoms with Gasteiger partial charge in [0.2, 0.25) is 0 Å². The fraction of sp³-hybridized carbons (Fsp3) is 0.600. The summed E-state index contributed by atoms with van der Waals surface area (Å²) in [5, 5.41) is 12.3. The maximum Gasteiger partial charge on any atom is 0.305 e. The van der Waals surface area contributed by atoms with E-state index in [9.17, 15) is 28.7 Å². The number of ether oxygens (including phenoxy) is 1. The third-order valence-corrected chi connectivity index (χ3v) is 7.17. The standard InChI is InChI=1S/C25H32FN3O6/c26-18-9-4-8-17(14-18)24(33)28-11-12-29(25(34)20-10-5-13-35-20)23(28)22(32)27-19(15-21(30)31)16-6-2-1-3-7-16/h4,8-9,14,16,19-20,23H,1-3,5-7,10-13,15H2,(H,27,32)(H,30,31). The summed E-state index contributed by atoms with van der Waals surface area (Å²) in [6.45, 7) is 0.680. The average molecular weight is 490 g/mol. The second-order valence-corrected chi connectivity index (χ2v) is 9.53. The molecule has 3 atom stereocenters. The van der Waals surface area contributed by atoms with E-state index in [0.29, 0.717) is 13.0 Å². The van der Waals surface area contributed by atoms with Crippen LogP contribution in [-0.2, 0) is 19.1 Å². The van der Waals surface area contributed by atoms with Crippen molar-refractivity contribution < 1.29 is 33.4 Å². The first kappa shape index (κ1) is 25.1. The van der Waals surface area contributed by atoms with E-state index in [2.05, 4.69) is 5.32 Å². The number of aliphatic carboxylic acids is 1. The van der Waals surface area contributed by atoms with E-state index in [-0.39, 0.29) is 36.9 Å². The highest BCUT2D eigenvalue weighted by atomic mass is 19.1. The van der Waals surface area contributed by atoms with Crippen LogP contribution in [0.25, 0.3) is 0 Å². The SMILES string of the molecule is O=C(O)CC(NC(=O)C1N(C(=O)c2cccc(F)c2)CCN1C(=O)C1CCCO1)C1CCCCC1. The maximum atomic E-state index is 13.8. The second-order valence-electron chi connectivity index (χ2n) is 9.53. The Balaban J connectivity index is 1.59. The van der Waals surface area contributed by atoms with Gasteiger partial charge in [-0.15, -0.1) is 0 Å². The van der Waals surface area contributed by atoms with Crippen LogP contribution in [0.15, 0.2) is 24.3 Å². The number of nitrogens with one attached hydrogen (secondary N) is 1. The van der Waals surface area contributed by atoms with Crippen LogP contribution in [0.5, 0.6) is 0 Å². The molecule has 1 aromatic carbocycles. The third kappa shape index (κ3) is 5.80. The number of carbonyl (C=O) groups excluding carboxylic acids is 3. The lowest BCUT2D eigenvalue weighted by atomic mass is 9.82. The molecule has 1 aliphatic carbocycles. The molecule has 4 rings (SSSR count). The molecule has 2 saturated heterocycles. The Morgan fingerprint density at radius 2 is 1.80 bits per heavy atom. The lowest BCUT2D eigenvalue weighted by Gasteiger charge is -2.34. The number of halogens is 1. The first-order chi connectivity index (χ1) is 16.8. The van der Waals surface area contributed by atoms with Crippen molar-refractivity contribution in [3.05, 3.63) is 35.6 Å². The van der Waals surface area contributed by atoms with Gasteiger partial charge in [-0.05, 0) is 49.8 Å². The number of hydrogen-bond acceptors (Lipinski definition) is 5. The summed E-state index contributed by atoms with van der Waals surface area (Å²) in [4.78, 5) is 54.3. The molecule has 3 amide bonds. The smallest absolute Gasteiger partial charge is 0.305 e. The molecule has 10 heteroatoms. The molecule has 0 spiro atoms. The molecule has 3 fully saturated rings. The van der Waals surface area contributed by atoms with Crippen molar-refractivity contribution in [2.75, 3.05) is 19.7 Å². The van der Waals surface area contributed by atoms with Gasteiger partial charge in [0.25, 0.3) is 17.7 Å². The molecule has 0 aromatic heterocycles. The largest absolute Gasteiger partial charge is 0.481 e. The predicted octanol–water partition coefficient (Wildman–Crippen LogP) is 2.16. The van der Waals surface area contributed by atoms with Gasteiger partial charge in [0.15, 0.2) is 6.17 Å². The minimum atomic E-state index is -1.26. The van der Waals surface area contributed by atoms with Crippen LogP contribution >= 0.6 is 0 Å². The Morgan fingerprint density at radius 3 is 2.46 bits per heavy atom. The second kappa shape index (κ2) is 11.2. The number of benzene rings is 1. The Labute approximate surface area is 203 Å². The molecule has 0 radical (unpaired) electrons. The Hall–Kier alpha value is -3.01. The fourth-order valence-corrected chi connectivity index (χ4v) is 5.42. The van der Waals surface area contributed by atoms with E-state index >= 15 is 0 Å². The van der Waals surface area contributed by atoms with Gasteiger partial charge in [0.05, 0.1) is 6.42 Å². The molecule has 2 N–H and O–H groups in total. The van der Waals surface area contributed by atoms with Crippen molar-refractivity contribution in [1.29, 1.82) is 0 Å². The van der Waals surface area contributed by atoms with Gasteiger partial charge in [-0.25, -0.2) is 4.39 Å². The van der Waals surface area contributed by atoms with Crippen molar-refractivity contribution in [2.45, 2.75) is 69.7 Å². The minimum Gasteiger partial charge on any atom is -0.481 e. The first-order valence-electron chi connectivity index (χ1n) is 12.4. The summed E-state index contributed by atoms with van der Waals surface area (Å²) in [5.74, 6) is -3.13. The quantitative estimate of drug-likeness (QED) is 0.606. The zero-order valence-corrected chi connectivity index (χ0v) is 19.7. The Morgan fingerprint density at radius 1 is 1.06 bits per heavy atom. The van der Waals surface area contributed by atoms with Crippen molar-refractivity contribution in [1.82, 2.24) is 15.1 Å². The topological polar surface area (TPSA) is 116 Å². The number of carbonyl (C=O) groups is 4. The molecule has 3 aliphatic rings. The Bertz CT molecular complexity index is 960. The molecule has 2 aliphatic heterocycles. The summed E-state index contributed by atoms with van der Waals surface area (Å²) in [7, 11) is 0. The van der Waals surface area contributed by atoms with Gasteiger partial charge in [-0.1, -0.05) is 25.3 Å². The van der Waals surface area contributed by atoms with Crippen molar-refractivity contribution >= 4 is 23.7 Å². The van der Waals surface area contributed by atoms with Crippen LogP contribution in [0, 0.1) is 11.7 Å². The summed E-state index contributed by atoms with van der Waals surface area (Å²) in [6, 6.07) is 4.58. The van der Waals surface area contributed by atoms with E-state index in [4.69, 9.17) is 4.74 Å². The van der Waals surface area contributed by atoms with Crippen molar-refractivity contribution in [2.24, 2.45) is 5.92 Å². The molecular weight excluding hydrogens is 457 g/mol. The maximum absolute atomic E-state index is 13.8. The average Bonchev–Trinajstić information content (AvgIpc) is 3.53. The molecule has 1 saturated carbocycles. The first-order valence-corrected chi connectivity index (χ1v) is 12.4. The lowest BCUT2D eigenvalue weighted by Crippen LogP contribution is -2.58. The molecule has 1 aromatic rings. The number of carboxylic acid groups (broad SMARTS) is 1. The normalized spacial score (nSPS) is 23.8. The summed E-state index contributed by atoms with van der Waals surface area (Å²) < 4.78 is 19.3. The van der Waals surface area contributed by atoms with Gasteiger partial charge < -0.3 is 25.0 Å². The lowest BCUT2D eigenvalue weighted by molar-refractivity contribution is -0.149. The van der Waals surface area contributed by atoms with E-state index in [0.717, 1.165) is 44.6 Å². The molecule has 0 bridgehead atoms. The molecule has 3 unspecified atom stereocenters. The van der Waals surface area contributed by atoms with Crippen LogP contribution in [0.4, 0.5) is 4.39 Å². The van der Waals surface area contributed by atoms with Crippen LogP contribution < -0.4 is 5.32 Å². The highest BCUT2D eigenvalue weighted by Crippen LogP contribution is 2.29. The molecule has 35 heavy (non-hydrogen) atoms. The third-order valence-electron chi connectivity index (χ3n) is 7.17. The van der Waals surface area contributed by atoms with Crippen molar-refractivity contribution in [3.63, 3.8) is 0 Å². The Kier molecular flexibility index (Phi) is 8.00. The molecular formula is C25H32FN3O6. The molecule has 9 nitrogen and oxygen atoms in total. The number of hydrogen-bond donors (Lipinski definition) is 2. The van der Waals surface area contributed by atoms with Crippen LogP contribution in [0.3, 0.4) is 0 Å². The highest BCUT2D eigenvalue weighted by molar-refractivity contribution is 5.99. The van der Waals surface area contributed by atoms with Gasteiger partial charge in [0, 0.05) is 31.3 Å². The monoisotopic (exact) mass is 489 g/mol. The van der Waals surface area contributed by atoms with Crippen LogP contribution in [0.1, 0.15) is 61.7 Å². The van der Waals surface area contributed by atoms with Crippen LogP contribution in [-0.4, -0.2) is 76.6 Å². The zero-order valence-electron chi connectivity index (χ0n) is 19.7. The van der Waals surface area contributed by atoms with E-state index in [1.807, 2.05) is 0 Å². The number of amides is 3. The summed E-state index contributed by atoms with van der Waals surface area (Å²) in [6.07, 6.45) is 3.72. The van der Waals surface area contributed by atoms with Gasteiger partial charge in [-0.3, -0.25) is 19.2 Å². The number of nitrogens with zero attached hydrogens (tertiary/aromatic N) is 2. The number of rotatable bonds is 7. The molecule has 190 valence electrons. The van der Waals surface area contributed by atoms with E-state index in [1.54, 1.807) is 0 Å². The number of carboxylic acids is 1.